The largest absolute Gasteiger partial charge is 0.325 e. The first-order valence-electron chi connectivity index (χ1n) is 7.68. The molecule has 1 N–H and O–H groups in total. The second-order valence-electron chi connectivity index (χ2n) is 5.61. The number of rotatable bonds is 5. The monoisotopic (exact) mass is 375 g/mol. The predicted octanol–water partition coefficient (Wildman–Crippen LogP) is 3.29. The molecule has 0 radical (unpaired) electrons. The van der Waals surface area contributed by atoms with Gasteiger partial charge in [-0.15, -0.1) is 5.10 Å². The van der Waals surface area contributed by atoms with Crippen LogP contribution < -0.4 is 5.32 Å². The van der Waals surface area contributed by atoms with Crippen molar-refractivity contribution in [1.29, 1.82) is 0 Å². The Labute approximate surface area is 152 Å². The number of hydrogen-bond acceptors (Lipinski definition) is 5. The predicted molar refractivity (Wildman–Crippen MR) is 94.3 cm³/mol. The van der Waals surface area contributed by atoms with Crippen molar-refractivity contribution in [2.45, 2.75) is 19.0 Å². The SMILES string of the molecule is Cc1ccc(-n2nnnc2SCC(=O)Nc2ccc(F)c(F)c2)cc1C. The number of carbonyl (C=O) groups excluding carboxylic acids is 1. The molecule has 0 saturated heterocycles. The van der Waals surface area contributed by atoms with Gasteiger partial charge in [-0.3, -0.25) is 4.79 Å². The van der Waals surface area contributed by atoms with E-state index in [0.29, 0.717) is 5.16 Å². The Balaban J connectivity index is 1.66. The summed E-state index contributed by atoms with van der Waals surface area (Å²) in [6.45, 7) is 4.00. The van der Waals surface area contributed by atoms with Crippen molar-refractivity contribution in [3.63, 3.8) is 0 Å². The van der Waals surface area contributed by atoms with Crippen LogP contribution >= 0.6 is 11.8 Å². The van der Waals surface area contributed by atoms with E-state index in [1.165, 1.54) is 6.07 Å². The molecule has 2 aromatic carbocycles. The van der Waals surface area contributed by atoms with Crippen molar-refractivity contribution in [2.75, 3.05) is 11.1 Å². The Morgan fingerprint density at radius 2 is 1.92 bits per heavy atom. The molecule has 3 rings (SSSR count). The zero-order chi connectivity index (χ0) is 18.7. The molecule has 1 heterocycles. The quantitative estimate of drug-likeness (QED) is 0.693. The van der Waals surface area contributed by atoms with E-state index in [-0.39, 0.29) is 17.3 Å². The van der Waals surface area contributed by atoms with Gasteiger partial charge in [-0.25, -0.2) is 8.78 Å². The van der Waals surface area contributed by atoms with Crippen LogP contribution in [0.5, 0.6) is 0 Å². The third-order valence-corrected chi connectivity index (χ3v) is 4.63. The Bertz CT molecular complexity index is 960. The van der Waals surface area contributed by atoms with Gasteiger partial charge in [-0.2, -0.15) is 4.68 Å². The molecule has 0 fully saturated rings. The van der Waals surface area contributed by atoms with Crippen molar-refractivity contribution in [2.24, 2.45) is 0 Å². The zero-order valence-corrected chi connectivity index (χ0v) is 14.8. The van der Waals surface area contributed by atoms with Gasteiger partial charge < -0.3 is 5.32 Å². The molecule has 134 valence electrons. The van der Waals surface area contributed by atoms with Crippen LogP contribution in [0.15, 0.2) is 41.6 Å². The lowest BCUT2D eigenvalue weighted by atomic mass is 10.1. The molecule has 0 unspecified atom stereocenters. The molecule has 0 spiro atoms. The molecule has 1 amide bonds. The summed E-state index contributed by atoms with van der Waals surface area (Å²) in [5.41, 5.74) is 3.23. The number of aryl methyl sites for hydroxylation is 2. The lowest BCUT2D eigenvalue weighted by molar-refractivity contribution is -0.113. The lowest BCUT2D eigenvalue weighted by Crippen LogP contribution is -2.15. The van der Waals surface area contributed by atoms with Crippen LogP contribution in [0.2, 0.25) is 0 Å². The van der Waals surface area contributed by atoms with Gasteiger partial charge in [0.2, 0.25) is 11.1 Å². The molecule has 6 nitrogen and oxygen atoms in total. The highest BCUT2D eigenvalue weighted by atomic mass is 32.2. The summed E-state index contributed by atoms with van der Waals surface area (Å²) in [7, 11) is 0. The van der Waals surface area contributed by atoms with Crippen LogP contribution in [0.3, 0.4) is 0 Å². The molecule has 26 heavy (non-hydrogen) atoms. The average molecular weight is 375 g/mol. The lowest BCUT2D eigenvalue weighted by Gasteiger charge is -2.07. The van der Waals surface area contributed by atoms with Crippen LogP contribution in [0.4, 0.5) is 14.5 Å². The molecule has 0 aliphatic carbocycles. The van der Waals surface area contributed by atoms with Gasteiger partial charge >= 0.3 is 0 Å². The standard InChI is InChI=1S/C17H15F2N5OS/c1-10-3-5-13(7-11(10)2)24-17(21-22-23-24)26-9-16(25)20-12-4-6-14(18)15(19)8-12/h3-8H,9H2,1-2H3,(H,20,25). The van der Waals surface area contributed by atoms with E-state index in [1.54, 1.807) is 4.68 Å². The molecule has 0 atom stereocenters. The van der Waals surface area contributed by atoms with Gasteiger partial charge in [0.15, 0.2) is 11.6 Å². The highest BCUT2D eigenvalue weighted by molar-refractivity contribution is 7.99. The van der Waals surface area contributed by atoms with Gasteiger partial charge in [0, 0.05) is 11.8 Å². The summed E-state index contributed by atoms with van der Waals surface area (Å²) in [6, 6.07) is 8.99. The maximum Gasteiger partial charge on any atom is 0.234 e. The summed E-state index contributed by atoms with van der Waals surface area (Å²) < 4.78 is 27.6. The normalized spacial score (nSPS) is 10.8. The average Bonchev–Trinajstić information content (AvgIpc) is 3.07. The smallest absolute Gasteiger partial charge is 0.234 e. The number of hydrogen-bond donors (Lipinski definition) is 1. The fourth-order valence-corrected chi connectivity index (χ4v) is 2.88. The van der Waals surface area contributed by atoms with Gasteiger partial charge in [0.1, 0.15) is 0 Å². The van der Waals surface area contributed by atoms with Crippen LogP contribution in [0.25, 0.3) is 5.69 Å². The number of carbonyl (C=O) groups is 1. The van der Waals surface area contributed by atoms with Crippen molar-refractivity contribution in [3.8, 4) is 5.69 Å². The van der Waals surface area contributed by atoms with Crippen molar-refractivity contribution in [1.82, 2.24) is 20.2 Å². The number of benzene rings is 2. The minimum atomic E-state index is -1.02. The number of anilines is 1. The van der Waals surface area contributed by atoms with Gasteiger partial charge in [-0.1, -0.05) is 17.8 Å². The zero-order valence-electron chi connectivity index (χ0n) is 14.0. The van der Waals surface area contributed by atoms with Gasteiger partial charge in [0.05, 0.1) is 11.4 Å². The van der Waals surface area contributed by atoms with E-state index in [0.717, 1.165) is 40.7 Å². The number of thioether (sulfide) groups is 1. The number of nitrogens with one attached hydrogen (secondary N) is 1. The summed E-state index contributed by atoms with van der Waals surface area (Å²) in [5, 5.41) is 14.5. The number of halogens is 2. The van der Waals surface area contributed by atoms with E-state index < -0.39 is 11.6 Å². The van der Waals surface area contributed by atoms with Crippen LogP contribution in [0.1, 0.15) is 11.1 Å². The molecule has 0 aliphatic heterocycles. The van der Waals surface area contributed by atoms with Crippen molar-refractivity contribution >= 4 is 23.4 Å². The molecular formula is C17H15F2N5OS. The van der Waals surface area contributed by atoms with Crippen LogP contribution in [-0.4, -0.2) is 31.9 Å². The molecule has 0 saturated carbocycles. The summed E-state index contributed by atoms with van der Waals surface area (Å²) in [5.74, 6) is -2.35. The highest BCUT2D eigenvalue weighted by Crippen LogP contribution is 2.20. The van der Waals surface area contributed by atoms with Gasteiger partial charge in [0.25, 0.3) is 0 Å². The Kier molecular flexibility index (Phi) is 5.27. The second-order valence-corrected chi connectivity index (χ2v) is 6.55. The topological polar surface area (TPSA) is 72.7 Å². The van der Waals surface area contributed by atoms with Gasteiger partial charge in [-0.05, 0) is 59.7 Å². The summed E-state index contributed by atoms with van der Waals surface area (Å²) >= 11 is 1.14. The first-order chi connectivity index (χ1) is 12.4. The van der Waals surface area contributed by atoms with E-state index in [2.05, 4.69) is 20.8 Å². The van der Waals surface area contributed by atoms with E-state index in [4.69, 9.17) is 0 Å². The minimum absolute atomic E-state index is 0.0181. The molecule has 0 bridgehead atoms. The van der Waals surface area contributed by atoms with Crippen LogP contribution in [-0.2, 0) is 4.79 Å². The fraction of sp³-hybridized carbons (Fsp3) is 0.176. The molecule has 3 aromatic rings. The number of amides is 1. The van der Waals surface area contributed by atoms with E-state index in [1.807, 2.05) is 32.0 Å². The highest BCUT2D eigenvalue weighted by Gasteiger charge is 2.13. The molecule has 0 aliphatic rings. The third-order valence-electron chi connectivity index (χ3n) is 3.71. The maximum atomic E-state index is 13.2. The maximum absolute atomic E-state index is 13.2. The Morgan fingerprint density at radius 3 is 2.65 bits per heavy atom. The number of aromatic nitrogens is 4. The first kappa shape index (κ1) is 18.0. The molecule has 1 aromatic heterocycles. The first-order valence-corrected chi connectivity index (χ1v) is 8.66. The summed E-state index contributed by atoms with van der Waals surface area (Å²) in [6.07, 6.45) is 0. The summed E-state index contributed by atoms with van der Waals surface area (Å²) in [4.78, 5) is 12.0. The van der Waals surface area contributed by atoms with Crippen LogP contribution in [0, 0.1) is 25.5 Å². The molecule has 9 heteroatoms. The van der Waals surface area contributed by atoms with Crippen molar-refractivity contribution < 1.29 is 13.6 Å². The van der Waals surface area contributed by atoms with Crippen molar-refractivity contribution in [3.05, 3.63) is 59.2 Å². The van der Waals surface area contributed by atoms with E-state index >= 15 is 0 Å². The third kappa shape index (κ3) is 4.05. The Morgan fingerprint density at radius 1 is 1.12 bits per heavy atom. The Hall–Kier alpha value is -2.81. The second kappa shape index (κ2) is 7.61. The number of nitrogens with zero attached hydrogens (tertiary/aromatic N) is 4. The number of tetrazole rings is 1. The fourth-order valence-electron chi connectivity index (χ4n) is 2.19. The van der Waals surface area contributed by atoms with E-state index in [9.17, 15) is 13.6 Å². The minimum Gasteiger partial charge on any atom is -0.325 e. The molecular weight excluding hydrogens is 360 g/mol.